The van der Waals surface area contributed by atoms with Gasteiger partial charge in [0.2, 0.25) is 0 Å². The van der Waals surface area contributed by atoms with Crippen LogP contribution in [0, 0.1) is 6.92 Å². The van der Waals surface area contributed by atoms with Crippen LogP contribution in [0.15, 0.2) is 36.7 Å². The molecule has 0 aliphatic carbocycles. The van der Waals surface area contributed by atoms with E-state index in [1.54, 1.807) is 0 Å². The maximum atomic E-state index is 5.99. The molecule has 1 aromatic heterocycles. The third-order valence-corrected chi connectivity index (χ3v) is 3.20. The average molecular weight is 330 g/mol. The molecule has 1 aromatic carbocycles. The Morgan fingerprint density at radius 3 is 2.78 bits per heavy atom. The van der Waals surface area contributed by atoms with Crippen LogP contribution in [0.5, 0.6) is 0 Å². The topological polar surface area (TPSA) is 8.81 Å². The number of aryl methyl sites for hydroxylation is 1. The largest absolute Gasteiger partial charge is 1.00 e. The normalized spacial score (nSPS) is 10.2. The van der Waals surface area contributed by atoms with E-state index in [0.29, 0.717) is 0 Å². The maximum absolute atomic E-state index is 5.99. The highest BCUT2D eigenvalue weighted by molar-refractivity contribution is 6.30. The molecule has 0 amide bonds. The number of hydrogen-bond acceptors (Lipinski definition) is 0. The predicted molar refractivity (Wildman–Crippen MR) is 70.2 cm³/mol. The zero-order chi connectivity index (χ0) is 12.3. The number of nitrogens with zero attached hydrogens (tertiary/aromatic N) is 2. The highest BCUT2D eigenvalue weighted by atomic mass is 79.9. The second-order valence-corrected chi connectivity index (χ2v) is 4.73. The SMILES string of the molecule is CCCn1cc[n+](Cc2cccc(Cl)c2)c1C.[Br-]. The van der Waals surface area contributed by atoms with Gasteiger partial charge in [-0.25, -0.2) is 9.13 Å². The number of rotatable bonds is 4. The summed E-state index contributed by atoms with van der Waals surface area (Å²) in [4.78, 5) is 0. The average Bonchev–Trinajstić information content (AvgIpc) is 2.62. The Hall–Kier alpha value is -0.800. The van der Waals surface area contributed by atoms with Crippen LogP contribution in [-0.2, 0) is 13.1 Å². The molecule has 4 heteroatoms. The molecule has 18 heavy (non-hydrogen) atoms. The molecular weight excluding hydrogens is 312 g/mol. The van der Waals surface area contributed by atoms with Crippen molar-refractivity contribution >= 4 is 11.6 Å². The minimum atomic E-state index is 0. The van der Waals surface area contributed by atoms with Crippen LogP contribution in [0.3, 0.4) is 0 Å². The second-order valence-electron chi connectivity index (χ2n) is 4.30. The Balaban J connectivity index is 0.00000162. The lowest BCUT2D eigenvalue weighted by Crippen LogP contribution is -3.00. The van der Waals surface area contributed by atoms with E-state index in [9.17, 15) is 0 Å². The first-order chi connectivity index (χ1) is 8.20. The van der Waals surface area contributed by atoms with Gasteiger partial charge < -0.3 is 17.0 Å². The highest BCUT2D eigenvalue weighted by Gasteiger charge is 2.11. The summed E-state index contributed by atoms with van der Waals surface area (Å²) in [5, 5.41) is 0.800. The number of halogens is 2. The van der Waals surface area contributed by atoms with E-state index in [1.807, 2.05) is 18.2 Å². The molecule has 0 unspecified atom stereocenters. The van der Waals surface area contributed by atoms with Gasteiger partial charge in [0.05, 0.1) is 6.54 Å². The highest BCUT2D eigenvalue weighted by Crippen LogP contribution is 2.10. The van der Waals surface area contributed by atoms with E-state index >= 15 is 0 Å². The molecule has 1 heterocycles. The quantitative estimate of drug-likeness (QED) is 0.709. The lowest BCUT2D eigenvalue weighted by molar-refractivity contribution is -0.694. The smallest absolute Gasteiger partial charge is 0.253 e. The van der Waals surface area contributed by atoms with Crippen molar-refractivity contribution in [3.8, 4) is 0 Å². The Kier molecular flexibility index (Phi) is 5.89. The monoisotopic (exact) mass is 328 g/mol. The van der Waals surface area contributed by atoms with Gasteiger partial charge in [0.25, 0.3) is 5.82 Å². The van der Waals surface area contributed by atoms with E-state index in [2.05, 4.69) is 41.4 Å². The van der Waals surface area contributed by atoms with E-state index in [1.165, 1.54) is 11.4 Å². The van der Waals surface area contributed by atoms with Crippen LogP contribution in [-0.4, -0.2) is 4.57 Å². The summed E-state index contributed by atoms with van der Waals surface area (Å²) in [5.74, 6) is 1.28. The summed E-state index contributed by atoms with van der Waals surface area (Å²) in [6.07, 6.45) is 5.43. The van der Waals surface area contributed by atoms with Gasteiger partial charge in [-0.05, 0) is 24.1 Å². The van der Waals surface area contributed by atoms with Gasteiger partial charge in [-0.1, -0.05) is 30.7 Å². The number of benzene rings is 1. The summed E-state index contributed by atoms with van der Waals surface area (Å²) in [6, 6.07) is 8.03. The zero-order valence-corrected chi connectivity index (χ0v) is 13.1. The molecule has 0 N–H and O–H groups in total. The minimum Gasteiger partial charge on any atom is -1.00 e. The Morgan fingerprint density at radius 1 is 1.33 bits per heavy atom. The summed E-state index contributed by atoms with van der Waals surface area (Å²) in [7, 11) is 0. The van der Waals surface area contributed by atoms with Gasteiger partial charge in [0.1, 0.15) is 18.9 Å². The molecule has 2 nitrogen and oxygen atoms in total. The standard InChI is InChI=1S/C14H18ClN2.BrH/c1-3-7-16-8-9-17(12(16)2)11-13-5-4-6-14(15)10-13;/h4-6,8-10H,3,7,11H2,1-2H3;1H/q+1;/p-1. The third-order valence-electron chi connectivity index (χ3n) is 2.96. The fraction of sp³-hybridized carbons (Fsp3) is 0.357. The number of hydrogen-bond donors (Lipinski definition) is 0. The van der Waals surface area contributed by atoms with Crippen molar-refractivity contribution in [2.45, 2.75) is 33.4 Å². The molecular formula is C14H18BrClN2. The lowest BCUT2D eigenvalue weighted by Gasteiger charge is -2.01. The van der Waals surface area contributed by atoms with Gasteiger partial charge in [-0.2, -0.15) is 0 Å². The van der Waals surface area contributed by atoms with Gasteiger partial charge in [0, 0.05) is 11.9 Å². The first kappa shape index (κ1) is 15.3. The summed E-state index contributed by atoms with van der Waals surface area (Å²) >= 11 is 5.99. The van der Waals surface area contributed by atoms with Crippen LogP contribution in [0.25, 0.3) is 0 Å². The van der Waals surface area contributed by atoms with Crippen LogP contribution in [0.2, 0.25) is 5.02 Å². The summed E-state index contributed by atoms with van der Waals surface area (Å²) in [6.45, 7) is 6.30. The predicted octanol–water partition coefficient (Wildman–Crippen LogP) is 0.200. The summed E-state index contributed by atoms with van der Waals surface area (Å²) in [5.41, 5.74) is 1.24. The van der Waals surface area contributed by atoms with Crippen molar-refractivity contribution in [2.75, 3.05) is 0 Å². The molecule has 0 saturated heterocycles. The van der Waals surface area contributed by atoms with Gasteiger partial charge in [-0.15, -0.1) is 0 Å². The van der Waals surface area contributed by atoms with E-state index < -0.39 is 0 Å². The zero-order valence-electron chi connectivity index (χ0n) is 10.7. The summed E-state index contributed by atoms with van der Waals surface area (Å²) < 4.78 is 4.53. The number of aromatic nitrogens is 2. The van der Waals surface area contributed by atoms with E-state index in [4.69, 9.17) is 11.6 Å². The number of imidazole rings is 1. The van der Waals surface area contributed by atoms with Crippen molar-refractivity contribution in [3.63, 3.8) is 0 Å². The van der Waals surface area contributed by atoms with Crippen molar-refractivity contribution in [1.29, 1.82) is 0 Å². The van der Waals surface area contributed by atoms with Crippen molar-refractivity contribution < 1.29 is 21.5 Å². The van der Waals surface area contributed by atoms with Crippen LogP contribution < -0.4 is 21.5 Å². The maximum Gasteiger partial charge on any atom is 0.253 e. The molecule has 0 aliphatic rings. The Labute approximate surface area is 124 Å². The van der Waals surface area contributed by atoms with Gasteiger partial charge in [-0.3, -0.25) is 0 Å². The first-order valence-corrected chi connectivity index (χ1v) is 6.38. The molecule has 98 valence electrons. The fourth-order valence-electron chi connectivity index (χ4n) is 2.02. The van der Waals surface area contributed by atoms with Crippen LogP contribution >= 0.6 is 11.6 Å². The van der Waals surface area contributed by atoms with Crippen molar-refractivity contribution in [3.05, 3.63) is 53.1 Å². The Morgan fingerprint density at radius 2 is 2.11 bits per heavy atom. The second kappa shape index (κ2) is 6.95. The molecule has 0 atom stereocenters. The van der Waals surface area contributed by atoms with Crippen molar-refractivity contribution in [1.82, 2.24) is 4.57 Å². The lowest BCUT2D eigenvalue weighted by atomic mass is 10.2. The molecule has 0 saturated carbocycles. The molecule has 0 spiro atoms. The van der Waals surface area contributed by atoms with E-state index in [-0.39, 0.29) is 17.0 Å². The minimum absolute atomic E-state index is 0. The molecule has 0 aliphatic heterocycles. The van der Waals surface area contributed by atoms with Crippen molar-refractivity contribution in [2.24, 2.45) is 0 Å². The Bertz CT molecular complexity index is 508. The van der Waals surface area contributed by atoms with Gasteiger partial charge >= 0.3 is 0 Å². The van der Waals surface area contributed by atoms with Crippen LogP contribution in [0.4, 0.5) is 0 Å². The molecule has 0 radical (unpaired) electrons. The molecule has 2 rings (SSSR count). The van der Waals surface area contributed by atoms with Crippen LogP contribution in [0.1, 0.15) is 24.7 Å². The third kappa shape index (κ3) is 3.59. The molecule has 2 aromatic rings. The van der Waals surface area contributed by atoms with E-state index in [0.717, 1.165) is 24.5 Å². The van der Waals surface area contributed by atoms with Gasteiger partial charge in [0.15, 0.2) is 0 Å². The fourth-order valence-corrected chi connectivity index (χ4v) is 2.23. The molecule has 0 bridgehead atoms. The first-order valence-electron chi connectivity index (χ1n) is 6.00. The molecule has 0 fully saturated rings.